The molecule has 2 rings (SSSR count). The van der Waals surface area contributed by atoms with Crippen molar-refractivity contribution in [1.82, 2.24) is 5.43 Å². The summed E-state index contributed by atoms with van der Waals surface area (Å²) in [4.78, 5) is 22.8. The van der Waals surface area contributed by atoms with E-state index in [-0.39, 0.29) is 12.5 Å². The summed E-state index contributed by atoms with van der Waals surface area (Å²) in [5.41, 5.74) is 4.88. The number of carboxylic acid groups (broad SMARTS) is 1. The summed E-state index contributed by atoms with van der Waals surface area (Å²) in [6, 6.07) is 8.77. The number of carbonyl (C=O) groups excluding carboxylic acids is 1. The van der Waals surface area contributed by atoms with Crippen molar-refractivity contribution in [3.8, 4) is 11.5 Å². The molecular formula is C21H22Br2N2O5. The van der Waals surface area contributed by atoms with Gasteiger partial charge in [-0.3, -0.25) is 4.79 Å². The molecule has 0 unspecified atom stereocenters. The lowest BCUT2D eigenvalue weighted by Gasteiger charge is -2.18. The van der Waals surface area contributed by atoms with Crippen LogP contribution in [0.1, 0.15) is 36.5 Å². The molecule has 0 radical (unpaired) electrons. The molecule has 7 nitrogen and oxygen atoms in total. The van der Waals surface area contributed by atoms with Gasteiger partial charge in [-0.2, -0.15) is 5.10 Å². The Morgan fingerprint density at radius 3 is 2.57 bits per heavy atom. The van der Waals surface area contributed by atoms with Crippen molar-refractivity contribution >= 4 is 50.0 Å². The fraction of sp³-hybridized carbons (Fsp3) is 0.286. The van der Waals surface area contributed by atoms with E-state index < -0.39 is 18.5 Å². The van der Waals surface area contributed by atoms with E-state index in [9.17, 15) is 9.59 Å². The van der Waals surface area contributed by atoms with Gasteiger partial charge in [0.1, 0.15) is 11.5 Å². The van der Waals surface area contributed by atoms with E-state index in [4.69, 9.17) is 14.6 Å². The van der Waals surface area contributed by atoms with E-state index in [1.807, 2.05) is 26.8 Å². The van der Waals surface area contributed by atoms with E-state index in [1.165, 1.54) is 6.21 Å². The fourth-order valence-corrected chi connectivity index (χ4v) is 3.76. The Hall–Kier alpha value is -2.39. The quantitative estimate of drug-likeness (QED) is 0.356. The van der Waals surface area contributed by atoms with E-state index in [2.05, 4.69) is 42.4 Å². The first-order valence-electron chi connectivity index (χ1n) is 9.07. The molecule has 9 heteroatoms. The molecule has 0 aliphatic carbocycles. The van der Waals surface area contributed by atoms with Crippen molar-refractivity contribution in [3.63, 3.8) is 0 Å². The Morgan fingerprint density at radius 2 is 1.90 bits per heavy atom. The number of halogens is 2. The molecule has 0 aromatic heterocycles. The summed E-state index contributed by atoms with van der Waals surface area (Å²) in [5.74, 6) is -0.335. The Kier molecular flexibility index (Phi) is 8.86. The molecule has 2 N–H and O–H groups in total. The smallest absolute Gasteiger partial charge is 0.341 e. The zero-order chi connectivity index (χ0) is 22.3. The summed E-state index contributed by atoms with van der Waals surface area (Å²) >= 11 is 7.08. The number of ether oxygens (including phenoxy) is 2. The number of carboxylic acids is 1. The molecule has 30 heavy (non-hydrogen) atoms. The zero-order valence-electron chi connectivity index (χ0n) is 16.7. The van der Waals surface area contributed by atoms with Crippen LogP contribution in [0.5, 0.6) is 11.5 Å². The number of hydrogen-bond acceptors (Lipinski definition) is 5. The van der Waals surface area contributed by atoms with Gasteiger partial charge in [-0.1, -0.05) is 41.9 Å². The minimum Gasteiger partial charge on any atom is -0.482 e. The maximum absolute atomic E-state index is 12.2. The number of para-hydroxylation sites is 1. The average Bonchev–Trinajstić information content (AvgIpc) is 2.70. The maximum Gasteiger partial charge on any atom is 0.341 e. The Morgan fingerprint density at radius 1 is 1.20 bits per heavy atom. The normalized spacial score (nSPS) is 11.0. The van der Waals surface area contributed by atoms with Crippen molar-refractivity contribution in [2.45, 2.75) is 26.7 Å². The van der Waals surface area contributed by atoms with E-state index in [0.717, 1.165) is 20.1 Å². The van der Waals surface area contributed by atoms with Crippen LogP contribution < -0.4 is 14.9 Å². The van der Waals surface area contributed by atoms with Crippen molar-refractivity contribution < 1.29 is 24.2 Å². The molecule has 0 atom stereocenters. The van der Waals surface area contributed by atoms with Crippen molar-refractivity contribution in [2.24, 2.45) is 5.10 Å². The highest BCUT2D eigenvalue weighted by Gasteiger charge is 2.17. The zero-order valence-corrected chi connectivity index (χ0v) is 19.9. The van der Waals surface area contributed by atoms with Crippen LogP contribution in [0.2, 0.25) is 0 Å². The number of hydrazone groups is 1. The third-order valence-corrected chi connectivity index (χ3v) is 5.84. The highest BCUT2D eigenvalue weighted by molar-refractivity contribution is 9.11. The lowest BCUT2D eigenvalue weighted by molar-refractivity contribution is -0.139. The molecule has 0 bridgehead atoms. The number of rotatable bonds is 9. The van der Waals surface area contributed by atoms with Crippen LogP contribution in [-0.2, 0) is 9.59 Å². The van der Waals surface area contributed by atoms with E-state index in [0.29, 0.717) is 17.1 Å². The molecule has 0 heterocycles. The number of carbonyl (C=O) groups is 2. The van der Waals surface area contributed by atoms with Gasteiger partial charge in [-0.05, 0) is 58.1 Å². The molecule has 0 spiro atoms. The monoisotopic (exact) mass is 540 g/mol. The number of nitrogens with zero attached hydrogens (tertiary/aromatic N) is 1. The van der Waals surface area contributed by atoms with Gasteiger partial charge < -0.3 is 14.6 Å². The summed E-state index contributed by atoms with van der Waals surface area (Å²) < 4.78 is 12.7. The third kappa shape index (κ3) is 6.56. The van der Waals surface area contributed by atoms with Crippen LogP contribution in [0, 0.1) is 6.92 Å². The van der Waals surface area contributed by atoms with Crippen molar-refractivity contribution in [3.05, 3.63) is 56.0 Å². The van der Waals surface area contributed by atoms with Crippen molar-refractivity contribution in [2.75, 3.05) is 13.2 Å². The number of amides is 1. The van der Waals surface area contributed by atoms with Crippen LogP contribution in [0.3, 0.4) is 0 Å². The molecule has 0 saturated heterocycles. The van der Waals surface area contributed by atoms with Crippen LogP contribution in [0.15, 0.2) is 44.4 Å². The lowest BCUT2D eigenvalue weighted by Crippen LogP contribution is -2.25. The summed E-state index contributed by atoms with van der Waals surface area (Å²) in [6.07, 6.45) is 1.38. The number of aliphatic carboxylic acids is 1. The van der Waals surface area contributed by atoms with Gasteiger partial charge >= 0.3 is 5.97 Å². The first kappa shape index (κ1) is 23.9. The molecule has 0 aliphatic heterocycles. The van der Waals surface area contributed by atoms with Gasteiger partial charge in [-0.15, -0.1) is 0 Å². The third-order valence-electron chi connectivity index (χ3n) is 4.06. The highest BCUT2D eigenvalue weighted by atomic mass is 79.9. The van der Waals surface area contributed by atoms with Gasteiger partial charge in [0, 0.05) is 10.0 Å². The fourth-order valence-electron chi connectivity index (χ4n) is 2.49. The molecule has 0 saturated carbocycles. The Labute approximate surface area is 191 Å². The van der Waals surface area contributed by atoms with E-state index >= 15 is 0 Å². The van der Waals surface area contributed by atoms with Gasteiger partial charge in [-0.25, -0.2) is 10.2 Å². The summed E-state index contributed by atoms with van der Waals surface area (Å²) in [5, 5.41) is 12.6. The first-order chi connectivity index (χ1) is 14.2. The predicted octanol–water partition coefficient (Wildman–Crippen LogP) is 4.64. The summed E-state index contributed by atoms with van der Waals surface area (Å²) in [7, 11) is 0. The van der Waals surface area contributed by atoms with Crippen LogP contribution >= 0.6 is 31.9 Å². The molecule has 2 aromatic rings. The molecule has 0 fully saturated rings. The largest absolute Gasteiger partial charge is 0.482 e. The average molecular weight is 542 g/mol. The molecule has 1 amide bonds. The number of benzene rings is 2. The topological polar surface area (TPSA) is 97.2 Å². The highest BCUT2D eigenvalue weighted by Crippen LogP contribution is 2.40. The van der Waals surface area contributed by atoms with Gasteiger partial charge in [0.15, 0.2) is 13.2 Å². The second-order valence-corrected chi connectivity index (χ2v) is 8.32. The Bertz CT molecular complexity index is 961. The first-order valence-corrected chi connectivity index (χ1v) is 10.7. The van der Waals surface area contributed by atoms with Crippen LogP contribution in [-0.4, -0.2) is 36.4 Å². The Balaban J connectivity index is 2.02. The lowest BCUT2D eigenvalue weighted by atomic mass is 10.0. The SMILES string of the molecule is Cc1c(Br)cc(C(C)C)c(OCC(=O)N/N=C\c2ccccc2OCC(=O)O)c1Br. The minimum atomic E-state index is -1.08. The van der Waals surface area contributed by atoms with E-state index in [1.54, 1.807) is 24.3 Å². The summed E-state index contributed by atoms with van der Waals surface area (Å²) in [6.45, 7) is 5.35. The van der Waals surface area contributed by atoms with Crippen LogP contribution in [0.25, 0.3) is 0 Å². The van der Waals surface area contributed by atoms with Crippen molar-refractivity contribution in [1.29, 1.82) is 0 Å². The van der Waals surface area contributed by atoms with Gasteiger partial charge in [0.2, 0.25) is 0 Å². The minimum absolute atomic E-state index is 0.205. The maximum atomic E-state index is 12.2. The number of nitrogens with one attached hydrogen (secondary N) is 1. The molecule has 2 aromatic carbocycles. The number of hydrogen-bond donors (Lipinski definition) is 2. The molecular weight excluding hydrogens is 520 g/mol. The second kappa shape index (κ2) is 11.1. The standard InChI is InChI=1S/C21H22Br2N2O5/c1-12(2)15-8-16(22)13(3)20(23)21(15)30-10-18(26)25-24-9-14-6-4-5-7-17(14)29-11-19(27)28/h4-9,12H,10-11H2,1-3H3,(H,25,26)(H,27,28)/b24-9-. The molecule has 160 valence electrons. The van der Waals surface area contributed by atoms with Gasteiger partial charge in [0.05, 0.1) is 10.7 Å². The predicted molar refractivity (Wildman–Crippen MR) is 121 cm³/mol. The second-order valence-electron chi connectivity index (χ2n) is 6.67. The van der Waals surface area contributed by atoms with Gasteiger partial charge in [0.25, 0.3) is 5.91 Å². The molecule has 0 aliphatic rings. The van der Waals surface area contributed by atoms with Crippen LogP contribution in [0.4, 0.5) is 0 Å².